The predicted molar refractivity (Wildman–Crippen MR) is 116 cm³/mol. The van der Waals surface area contributed by atoms with E-state index < -0.39 is 0 Å². The van der Waals surface area contributed by atoms with Crippen LogP contribution in [0.4, 0.5) is 0 Å². The minimum atomic E-state index is 0. The minimum absolute atomic E-state index is 0. The summed E-state index contributed by atoms with van der Waals surface area (Å²) in [5, 5.41) is 0. The summed E-state index contributed by atoms with van der Waals surface area (Å²) in [6.07, 6.45) is 0. The van der Waals surface area contributed by atoms with Gasteiger partial charge in [0.2, 0.25) is 0 Å². The Labute approximate surface area is 197 Å². The van der Waals surface area contributed by atoms with Crippen LogP contribution in [-0.2, 0) is 19.6 Å². The van der Waals surface area contributed by atoms with E-state index in [4.69, 9.17) is 0 Å². The molecule has 3 aromatic carbocycles. The zero-order valence-electron chi connectivity index (χ0n) is 17.2. The number of benzene rings is 3. The molecule has 142 valence electrons. The van der Waals surface area contributed by atoms with E-state index in [1.165, 1.54) is 27.8 Å². The Hall–Kier alpha value is -1.13. The molecule has 28 heavy (non-hydrogen) atoms. The van der Waals surface area contributed by atoms with Crippen molar-refractivity contribution in [2.24, 2.45) is 0 Å². The number of hydrogen-bond acceptors (Lipinski definition) is 1. The van der Waals surface area contributed by atoms with Crippen LogP contribution in [0.25, 0.3) is 0 Å². The molecule has 0 spiro atoms. The molecule has 0 unspecified atom stereocenters. The third-order valence-electron chi connectivity index (χ3n) is 4.64. The van der Waals surface area contributed by atoms with Crippen LogP contribution in [0.1, 0.15) is 47.6 Å². The first-order valence-electron chi connectivity index (χ1n) is 9.43. The van der Waals surface area contributed by atoms with Gasteiger partial charge in [-0.25, -0.2) is 0 Å². The molecule has 0 aromatic heterocycles. The molecule has 0 saturated heterocycles. The summed E-state index contributed by atoms with van der Waals surface area (Å²) in [6.45, 7) is 9.44. The quantitative estimate of drug-likeness (QED) is 0.398. The van der Waals surface area contributed by atoms with Gasteiger partial charge >= 0.3 is 23.1 Å². The first kappa shape index (κ1) is 24.9. The van der Waals surface area contributed by atoms with Crippen molar-refractivity contribution in [1.82, 2.24) is 4.90 Å². The second kappa shape index (κ2) is 12.4. The Kier molecular flexibility index (Phi) is 11.1. The molecule has 0 aliphatic heterocycles. The molecule has 3 rings (SSSR count). The van der Waals surface area contributed by atoms with Crippen molar-refractivity contribution in [1.29, 1.82) is 0 Å². The van der Waals surface area contributed by atoms with Gasteiger partial charge in [0.05, 0.1) is 0 Å². The summed E-state index contributed by atoms with van der Waals surface area (Å²) >= 11 is 0. The Morgan fingerprint density at radius 2 is 1.29 bits per heavy atom. The molecule has 0 aliphatic carbocycles. The van der Waals surface area contributed by atoms with E-state index in [0.29, 0.717) is 5.92 Å². The molecule has 0 bridgehead atoms. The number of halogens is 1. The summed E-state index contributed by atoms with van der Waals surface area (Å²) in [6, 6.07) is 29.6. The van der Waals surface area contributed by atoms with Gasteiger partial charge in [-0.05, 0) is 17.0 Å². The molecule has 0 fully saturated rings. The molecule has 0 aliphatic rings. The number of rotatable bonds is 7. The van der Waals surface area contributed by atoms with Gasteiger partial charge in [-0.3, -0.25) is 4.90 Å². The summed E-state index contributed by atoms with van der Waals surface area (Å²) in [7, 11) is 0. The fourth-order valence-electron chi connectivity index (χ4n) is 3.33. The molecule has 0 amide bonds. The first-order chi connectivity index (χ1) is 12.6. The van der Waals surface area contributed by atoms with Crippen LogP contribution >= 0.6 is 0 Å². The number of nitrogens with zero attached hydrogens (tertiary/aromatic N) is 1. The molecule has 1 nitrogen and oxygen atoms in total. The van der Waals surface area contributed by atoms with E-state index in [-0.39, 0.29) is 40.0 Å². The second-order valence-corrected chi connectivity index (χ2v) is 7.39. The van der Waals surface area contributed by atoms with Gasteiger partial charge in [-0.15, -0.1) is 5.56 Å². The molecular formula is C25H28BrMgN. The van der Waals surface area contributed by atoms with E-state index in [1.807, 2.05) is 0 Å². The Morgan fingerprint density at radius 1 is 0.786 bits per heavy atom. The van der Waals surface area contributed by atoms with E-state index >= 15 is 0 Å². The molecule has 3 heteroatoms. The van der Waals surface area contributed by atoms with Crippen molar-refractivity contribution in [3.05, 3.63) is 107 Å². The van der Waals surface area contributed by atoms with E-state index in [2.05, 4.69) is 105 Å². The standard InChI is InChI=1S/C25H28N.BrH.Mg/c1-20(2)25-15-21(3)14-24(16-25)19-26(17-22-10-6-4-7-11-22)18-23-12-8-5-9-13-23;;/h4-13,15-16,20H,17-19H2,1-3H3;1H;/q-1;;+2/p-1. The van der Waals surface area contributed by atoms with E-state index in [1.54, 1.807) is 0 Å². The Morgan fingerprint density at radius 3 is 1.75 bits per heavy atom. The maximum Gasteiger partial charge on any atom is 2.00 e. The van der Waals surface area contributed by atoms with Crippen LogP contribution in [0.15, 0.2) is 72.8 Å². The molecule has 3 aromatic rings. The zero-order chi connectivity index (χ0) is 18.4. The van der Waals surface area contributed by atoms with Gasteiger partial charge in [0, 0.05) is 19.6 Å². The number of aryl methyl sites for hydroxylation is 1. The van der Waals surface area contributed by atoms with Crippen LogP contribution in [0.3, 0.4) is 0 Å². The molecule has 0 radical (unpaired) electrons. The average molecular weight is 447 g/mol. The number of hydrogen-bond donors (Lipinski definition) is 0. The van der Waals surface area contributed by atoms with Crippen molar-refractivity contribution in [3.63, 3.8) is 0 Å². The van der Waals surface area contributed by atoms with Gasteiger partial charge in [0.25, 0.3) is 0 Å². The van der Waals surface area contributed by atoms with Crippen molar-refractivity contribution in [2.75, 3.05) is 0 Å². The van der Waals surface area contributed by atoms with Crippen molar-refractivity contribution < 1.29 is 17.0 Å². The van der Waals surface area contributed by atoms with Crippen LogP contribution < -0.4 is 17.0 Å². The van der Waals surface area contributed by atoms with Crippen molar-refractivity contribution >= 4 is 23.1 Å². The average Bonchev–Trinajstić information content (AvgIpc) is 2.63. The summed E-state index contributed by atoms with van der Waals surface area (Å²) in [5.74, 6) is 0.541. The minimum Gasteiger partial charge on any atom is -1.00 e. The third kappa shape index (κ3) is 7.71. The largest absolute Gasteiger partial charge is 2.00 e. The smallest absolute Gasteiger partial charge is 1.00 e. The molecule has 0 N–H and O–H groups in total. The molecule has 0 atom stereocenters. The summed E-state index contributed by atoms with van der Waals surface area (Å²) in [5.41, 5.74) is 6.60. The summed E-state index contributed by atoms with van der Waals surface area (Å²) < 4.78 is 0. The topological polar surface area (TPSA) is 3.24 Å². The molecular weight excluding hydrogens is 418 g/mol. The van der Waals surface area contributed by atoms with Crippen LogP contribution in [0, 0.1) is 13.0 Å². The van der Waals surface area contributed by atoms with Crippen LogP contribution in [0.5, 0.6) is 0 Å². The van der Waals surface area contributed by atoms with Gasteiger partial charge in [-0.2, -0.15) is 29.3 Å². The molecule has 0 heterocycles. The Bertz CT molecular complexity index is 777. The van der Waals surface area contributed by atoms with E-state index in [9.17, 15) is 0 Å². The summed E-state index contributed by atoms with van der Waals surface area (Å²) in [4.78, 5) is 2.50. The Balaban J connectivity index is 0.00000196. The van der Waals surface area contributed by atoms with Gasteiger partial charge in [0.1, 0.15) is 0 Å². The fraction of sp³-hybridized carbons (Fsp3) is 0.280. The van der Waals surface area contributed by atoms with Crippen LogP contribution in [-0.4, -0.2) is 28.0 Å². The van der Waals surface area contributed by atoms with E-state index in [0.717, 1.165) is 19.6 Å². The first-order valence-corrected chi connectivity index (χ1v) is 9.43. The SMILES string of the molecule is Cc1[c-]c(CN(Cc2ccccc2)Cc2ccccc2)cc(C(C)C)c1.[Br-].[Mg+2]. The van der Waals surface area contributed by atoms with Crippen molar-refractivity contribution in [3.8, 4) is 0 Å². The second-order valence-electron chi connectivity index (χ2n) is 7.39. The van der Waals surface area contributed by atoms with Gasteiger partial charge in [0.15, 0.2) is 0 Å². The van der Waals surface area contributed by atoms with Gasteiger partial charge in [-0.1, -0.05) is 81.4 Å². The van der Waals surface area contributed by atoms with Gasteiger partial charge < -0.3 is 17.0 Å². The third-order valence-corrected chi connectivity index (χ3v) is 4.64. The molecule has 0 saturated carbocycles. The van der Waals surface area contributed by atoms with Crippen LogP contribution in [0.2, 0.25) is 0 Å². The zero-order valence-corrected chi connectivity index (χ0v) is 20.2. The predicted octanol–water partition coefficient (Wildman–Crippen LogP) is 2.74. The maximum absolute atomic E-state index is 3.56. The van der Waals surface area contributed by atoms with Crippen molar-refractivity contribution in [2.45, 2.75) is 46.3 Å². The maximum atomic E-state index is 3.56. The normalized spacial score (nSPS) is 10.5. The monoisotopic (exact) mass is 445 g/mol. The fourth-order valence-corrected chi connectivity index (χ4v) is 3.33.